The Bertz CT molecular complexity index is 1380. The Balaban J connectivity index is 1.70. The number of nitrogens with zero attached hydrogens (tertiary/aromatic N) is 4. The molecular weight excluding hydrogens is 386 g/mol. The monoisotopic (exact) mass is 402 g/mol. The molecule has 30 heavy (non-hydrogen) atoms. The van der Waals surface area contributed by atoms with E-state index in [-0.39, 0.29) is 11.9 Å². The average molecular weight is 402 g/mol. The Kier molecular flexibility index (Phi) is 4.31. The van der Waals surface area contributed by atoms with E-state index < -0.39 is 5.82 Å². The number of halogens is 2. The van der Waals surface area contributed by atoms with E-state index in [2.05, 4.69) is 30.2 Å². The summed E-state index contributed by atoms with van der Waals surface area (Å²) in [5.74, 6) is -0.226. The number of pyridine rings is 1. The number of anilines is 1. The summed E-state index contributed by atoms with van der Waals surface area (Å²) in [6, 6.07) is 10.7. The number of aromatic amines is 1. The van der Waals surface area contributed by atoms with Crippen molar-refractivity contribution >= 4 is 27.9 Å². The maximum absolute atomic E-state index is 14.9. The van der Waals surface area contributed by atoms with Crippen molar-refractivity contribution in [1.82, 2.24) is 24.9 Å². The lowest BCUT2D eigenvalue weighted by Crippen LogP contribution is -2.11. The van der Waals surface area contributed by atoms with Crippen LogP contribution in [0.1, 0.15) is 18.5 Å². The molecule has 0 bridgehead atoms. The van der Waals surface area contributed by atoms with Crippen molar-refractivity contribution in [1.29, 1.82) is 0 Å². The summed E-state index contributed by atoms with van der Waals surface area (Å²) in [5, 5.41) is 3.67. The third kappa shape index (κ3) is 3.02. The number of H-pyrrole nitrogens is 1. The third-order valence-corrected chi connectivity index (χ3v) is 5.03. The normalized spacial score (nSPS) is 12.4. The standard InChI is InChI=1S/C22H16F2N6/c1-12(30-22-20-21(27-10-26-20)28-11-29-22)16-9-17(24)15-6-3-7-25-19(15)18(16)13-4-2-5-14(23)8-13/h2-12H,1H3,(H2,26,27,28,29,30)/t12-/m1/s1. The van der Waals surface area contributed by atoms with Gasteiger partial charge in [0.2, 0.25) is 0 Å². The molecule has 0 spiro atoms. The summed E-state index contributed by atoms with van der Waals surface area (Å²) in [4.78, 5) is 19.9. The highest BCUT2D eigenvalue weighted by molar-refractivity contribution is 5.96. The van der Waals surface area contributed by atoms with E-state index in [1.165, 1.54) is 30.9 Å². The van der Waals surface area contributed by atoms with E-state index in [1.807, 2.05) is 6.92 Å². The molecule has 8 heteroatoms. The van der Waals surface area contributed by atoms with E-state index >= 15 is 0 Å². The van der Waals surface area contributed by atoms with Crippen molar-refractivity contribution < 1.29 is 8.78 Å². The molecule has 148 valence electrons. The molecule has 0 saturated carbocycles. The van der Waals surface area contributed by atoms with Gasteiger partial charge in [-0.3, -0.25) is 4.98 Å². The predicted molar refractivity (Wildman–Crippen MR) is 111 cm³/mol. The maximum Gasteiger partial charge on any atom is 0.182 e. The smallest absolute Gasteiger partial charge is 0.182 e. The van der Waals surface area contributed by atoms with Crippen molar-refractivity contribution in [3.8, 4) is 11.1 Å². The molecule has 3 aromatic heterocycles. The number of aromatic nitrogens is 5. The zero-order chi connectivity index (χ0) is 20.7. The Morgan fingerprint density at radius 3 is 2.77 bits per heavy atom. The van der Waals surface area contributed by atoms with Gasteiger partial charge >= 0.3 is 0 Å². The molecular formula is C22H16F2N6. The van der Waals surface area contributed by atoms with Crippen LogP contribution < -0.4 is 5.32 Å². The lowest BCUT2D eigenvalue weighted by atomic mass is 9.92. The van der Waals surface area contributed by atoms with E-state index in [1.54, 1.807) is 30.5 Å². The van der Waals surface area contributed by atoms with E-state index in [4.69, 9.17) is 0 Å². The zero-order valence-electron chi connectivity index (χ0n) is 15.9. The highest BCUT2D eigenvalue weighted by Gasteiger charge is 2.20. The lowest BCUT2D eigenvalue weighted by Gasteiger charge is -2.21. The van der Waals surface area contributed by atoms with Gasteiger partial charge in [-0.25, -0.2) is 23.7 Å². The van der Waals surface area contributed by atoms with E-state index in [0.717, 1.165) is 0 Å². The Morgan fingerprint density at radius 1 is 1.00 bits per heavy atom. The van der Waals surface area contributed by atoms with Crippen molar-refractivity contribution in [2.75, 3.05) is 5.32 Å². The molecule has 0 saturated heterocycles. The van der Waals surface area contributed by atoms with Crippen LogP contribution in [0.4, 0.5) is 14.6 Å². The fraction of sp³-hybridized carbons (Fsp3) is 0.0909. The van der Waals surface area contributed by atoms with Crippen molar-refractivity contribution in [2.45, 2.75) is 13.0 Å². The topological polar surface area (TPSA) is 79.4 Å². The summed E-state index contributed by atoms with van der Waals surface area (Å²) >= 11 is 0. The molecule has 0 unspecified atom stereocenters. The zero-order valence-corrected chi connectivity index (χ0v) is 15.9. The minimum absolute atomic E-state index is 0.370. The number of hydrogen-bond donors (Lipinski definition) is 2. The molecule has 5 aromatic rings. The molecule has 0 aliphatic carbocycles. The number of fused-ring (bicyclic) bond motifs is 2. The fourth-order valence-electron chi connectivity index (χ4n) is 3.67. The fourth-order valence-corrected chi connectivity index (χ4v) is 3.67. The minimum atomic E-state index is -0.392. The van der Waals surface area contributed by atoms with Crippen LogP contribution >= 0.6 is 0 Å². The number of hydrogen-bond acceptors (Lipinski definition) is 5. The van der Waals surface area contributed by atoms with Crippen LogP contribution in [0, 0.1) is 11.6 Å². The highest BCUT2D eigenvalue weighted by atomic mass is 19.1. The first-order valence-corrected chi connectivity index (χ1v) is 9.35. The molecule has 0 amide bonds. The molecule has 3 heterocycles. The first-order valence-electron chi connectivity index (χ1n) is 9.35. The summed E-state index contributed by atoms with van der Waals surface area (Å²) < 4.78 is 29.0. The van der Waals surface area contributed by atoms with Crippen LogP contribution in [0.25, 0.3) is 33.2 Å². The molecule has 1 atom stereocenters. The van der Waals surface area contributed by atoms with Gasteiger partial charge in [-0.05, 0) is 48.4 Å². The Morgan fingerprint density at radius 2 is 1.90 bits per heavy atom. The van der Waals surface area contributed by atoms with Gasteiger partial charge in [-0.15, -0.1) is 0 Å². The number of nitrogens with one attached hydrogen (secondary N) is 2. The molecule has 0 aliphatic rings. The Hall–Kier alpha value is -3.94. The molecule has 2 aromatic carbocycles. The minimum Gasteiger partial charge on any atom is -0.362 e. The summed E-state index contributed by atoms with van der Waals surface area (Å²) in [5.41, 5.74) is 3.57. The lowest BCUT2D eigenvalue weighted by molar-refractivity contribution is 0.628. The SMILES string of the molecule is C[C@@H](Nc1ncnc2nc[nH]c12)c1cc(F)c2cccnc2c1-c1cccc(F)c1. The van der Waals surface area contributed by atoms with E-state index in [0.29, 0.717) is 44.6 Å². The average Bonchev–Trinajstić information content (AvgIpc) is 3.23. The second kappa shape index (κ2) is 7.14. The van der Waals surface area contributed by atoms with Crippen molar-refractivity contribution in [3.63, 3.8) is 0 Å². The highest BCUT2D eigenvalue weighted by Crippen LogP contribution is 2.37. The van der Waals surface area contributed by atoms with Gasteiger partial charge in [-0.1, -0.05) is 12.1 Å². The first-order chi connectivity index (χ1) is 14.6. The quantitative estimate of drug-likeness (QED) is 0.441. The van der Waals surface area contributed by atoms with Crippen molar-refractivity contribution in [2.24, 2.45) is 0 Å². The van der Waals surface area contributed by atoms with Gasteiger partial charge in [0.05, 0.1) is 17.9 Å². The van der Waals surface area contributed by atoms with Crippen LogP contribution in [-0.2, 0) is 0 Å². The largest absolute Gasteiger partial charge is 0.362 e. The van der Waals surface area contributed by atoms with Crippen LogP contribution in [0.15, 0.2) is 61.3 Å². The van der Waals surface area contributed by atoms with Crippen LogP contribution in [0.3, 0.4) is 0 Å². The molecule has 0 radical (unpaired) electrons. The predicted octanol–water partition coefficient (Wildman–Crippen LogP) is 5.02. The van der Waals surface area contributed by atoms with Gasteiger partial charge < -0.3 is 10.3 Å². The second-order valence-corrected chi connectivity index (χ2v) is 6.92. The Labute approximate surface area is 170 Å². The number of imidazole rings is 1. The number of benzene rings is 2. The summed E-state index contributed by atoms with van der Waals surface area (Å²) in [6.45, 7) is 1.89. The van der Waals surface area contributed by atoms with E-state index in [9.17, 15) is 8.78 Å². The maximum atomic E-state index is 14.9. The van der Waals surface area contributed by atoms with Gasteiger partial charge in [0.25, 0.3) is 0 Å². The summed E-state index contributed by atoms with van der Waals surface area (Å²) in [7, 11) is 0. The molecule has 6 nitrogen and oxygen atoms in total. The van der Waals surface area contributed by atoms with Gasteiger partial charge in [-0.2, -0.15) is 0 Å². The summed E-state index contributed by atoms with van der Waals surface area (Å²) in [6.07, 6.45) is 4.55. The van der Waals surface area contributed by atoms with Crippen LogP contribution in [0.2, 0.25) is 0 Å². The van der Waals surface area contributed by atoms with Crippen LogP contribution in [0.5, 0.6) is 0 Å². The van der Waals surface area contributed by atoms with Gasteiger partial charge in [0, 0.05) is 17.1 Å². The molecule has 0 fully saturated rings. The van der Waals surface area contributed by atoms with Gasteiger partial charge in [0.15, 0.2) is 11.5 Å². The van der Waals surface area contributed by atoms with Crippen LogP contribution in [-0.4, -0.2) is 24.9 Å². The van der Waals surface area contributed by atoms with Gasteiger partial charge in [0.1, 0.15) is 23.5 Å². The molecule has 0 aliphatic heterocycles. The van der Waals surface area contributed by atoms with Crippen molar-refractivity contribution in [3.05, 3.63) is 78.5 Å². The molecule has 5 rings (SSSR count). The second-order valence-electron chi connectivity index (χ2n) is 6.92. The third-order valence-electron chi connectivity index (χ3n) is 5.03. The first kappa shape index (κ1) is 18.1. The number of rotatable bonds is 4. The molecule has 2 N–H and O–H groups in total.